The van der Waals surface area contributed by atoms with Crippen LogP contribution in [0.1, 0.15) is 30.1 Å². The fourth-order valence-electron chi connectivity index (χ4n) is 2.36. The maximum absolute atomic E-state index is 12.5. The molecule has 0 aromatic heterocycles. The summed E-state index contributed by atoms with van der Waals surface area (Å²) in [5, 5.41) is 12.0. The van der Waals surface area contributed by atoms with Crippen LogP contribution in [-0.2, 0) is 4.79 Å². The van der Waals surface area contributed by atoms with Gasteiger partial charge in [0, 0.05) is 0 Å². The predicted octanol–water partition coefficient (Wildman–Crippen LogP) is 1.69. The van der Waals surface area contributed by atoms with Crippen LogP contribution in [0, 0.1) is 5.92 Å². The van der Waals surface area contributed by atoms with E-state index in [9.17, 15) is 14.7 Å². The predicted molar refractivity (Wildman–Crippen MR) is 75.8 cm³/mol. The molecule has 0 radical (unpaired) electrons. The van der Waals surface area contributed by atoms with E-state index in [1.165, 1.54) is 21.1 Å². The van der Waals surface area contributed by atoms with Crippen molar-refractivity contribution in [2.45, 2.75) is 25.3 Å². The Morgan fingerprint density at radius 2 is 1.76 bits per heavy atom. The number of carbonyl (C=O) groups is 2. The van der Waals surface area contributed by atoms with E-state index in [1.807, 2.05) is 0 Å². The largest absolute Gasteiger partial charge is 0.496 e. The molecule has 2 N–H and O–H groups in total. The SMILES string of the molecule is COc1cccc(OC)c1C(=O)NC(C)(C(=O)O)C1CC1. The average Bonchev–Trinajstić information content (AvgIpc) is 3.30. The number of benzene rings is 1. The smallest absolute Gasteiger partial charge is 0.329 e. The van der Waals surface area contributed by atoms with Crippen LogP contribution in [0.4, 0.5) is 0 Å². The highest BCUT2D eigenvalue weighted by molar-refractivity contribution is 6.02. The Kier molecular flexibility index (Phi) is 4.06. The van der Waals surface area contributed by atoms with Crippen molar-refractivity contribution in [2.75, 3.05) is 14.2 Å². The summed E-state index contributed by atoms with van der Waals surface area (Å²) in [6, 6.07) is 4.96. The van der Waals surface area contributed by atoms with Crippen molar-refractivity contribution in [1.82, 2.24) is 5.32 Å². The van der Waals surface area contributed by atoms with Crippen molar-refractivity contribution in [3.8, 4) is 11.5 Å². The molecule has 1 unspecified atom stereocenters. The highest BCUT2D eigenvalue weighted by atomic mass is 16.5. The van der Waals surface area contributed by atoms with Crippen LogP contribution in [0.15, 0.2) is 18.2 Å². The van der Waals surface area contributed by atoms with E-state index >= 15 is 0 Å². The lowest BCUT2D eigenvalue weighted by atomic mass is 9.95. The Bertz CT molecular complexity index is 545. The van der Waals surface area contributed by atoms with E-state index in [0.29, 0.717) is 11.5 Å². The molecule has 1 saturated carbocycles. The van der Waals surface area contributed by atoms with Crippen LogP contribution in [0.2, 0.25) is 0 Å². The molecular formula is C15H19NO5. The lowest BCUT2D eigenvalue weighted by Gasteiger charge is -2.26. The number of ether oxygens (including phenoxy) is 2. The molecule has 21 heavy (non-hydrogen) atoms. The van der Waals surface area contributed by atoms with Gasteiger partial charge < -0.3 is 19.9 Å². The Balaban J connectivity index is 2.34. The van der Waals surface area contributed by atoms with Crippen molar-refractivity contribution in [3.63, 3.8) is 0 Å². The second kappa shape index (κ2) is 5.63. The van der Waals surface area contributed by atoms with Crippen LogP contribution in [0.25, 0.3) is 0 Å². The number of rotatable bonds is 6. The van der Waals surface area contributed by atoms with Gasteiger partial charge in [-0.25, -0.2) is 4.79 Å². The van der Waals surface area contributed by atoms with E-state index < -0.39 is 17.4 Å². The van der Waals surface area contributed by atoms with Crippen LogP contribution in [-0.4, -0.2) is 36.7 Å². The molecule has 1 amide bonds. The highest BCUT2D eigenvalue weighted by Gasteiger charge is 2.49. The highest BCUT2D eigenvalue weighted by Crippen LogP contribution is 2.40. The molecule has 0 saturated heterocycles. The quantitative estimate of drug-likeness (QED) is 0.833. The summed E-state index contributed by atoms with van der Waals surface area (Å²) < 4.78 is 10.3. The van der Waals surface area contributed by atoms with Crippen LogP contribution in [0.3, 0.4) is 0 Å². The summed E-state index contributed by atoms with van der Waals surface area (Å²) >= 11 is 0. The summed E-state index contributed by atoms with van der Waals surface area (Å²) in [6.07, 6.45) is 1.60. The molecule has 0 aliphatic heterocycles. The number of amides is 1. The zero-order chi connectivity index (χ0) is 15.6. The summed E-state index contributed by atoms with van der Waals surface area (Å²) in [5.74, 6) is -0.904. The molecule has 0 heterocycles. The molecular weight excluding hydrogens is 274 g/mol. The van der Waals surface area contributed by atoms with Gasteiger partial charge >= 0.3 is 5.97 Å². The molecule has 0 bridgehead atoms. The topological polar surface area (TPSA) is 84.9 Å². The van der Waals surface area contributed by atoms with Crippen molar-refractivity contribution in [3.05, 3.63) is 23.8 Å². The van der Waals surface area contributed by atoms with Crippen LogP contribution >= 0.6 is 0 Å². The monoisotopic (exact) mass is 293 g/mol. The van der Waals surface area contributed by atoms with E-state index in [1.54, 1.807) is 18.2 Å². The average molecular weight is 293 g/mol. The first kappa shape index (κ1) is 15.2. The summed E-state index contributed by atoms with van der Waals surface area (Å²) in [6.45, 7) is 1.53. The number of aliphatic carboxylic acids is 1. The van der Waals surface area contributed by atoms with Crippen molar-refractivity contribution in [1.29, 1.82) is 0 Å². The Morgan fingerprint density at radius 3 is 2.14 bits per heavy atom. The van der Waals surface area contributed by atoms with Crippen LogP contribution in [0.5, 0.6) is 11.5 Å². The maximum atomic E-state index is 12.5. The fourth-order valence-corrected chi connectivity index (χ4v) is 2.36. The molecule has 6 nitrogen and oxygen atoms in total. The third-order valence-electron chi connectivity index (χ3n) is 3.87. The first-order valence-electron chi connectivity index (χ1n) is 6.71. The van der Waals surface area contributed by atoms with Gasteiger partial charge in [-0.3, -0.25) is 4.79 Å². The first-order chi connectivity index (χ1) is 9.93. The van der Waals surface area contributed by atoms with Crippen molar-refractivity contribution >= 4 is 11.9 Å². The lowest BCUT2D eigenvalue weighted by Crippen LogP contribution is -2.54. The van der Waals surface area contributed by atoms with Gasteiger partial charge in [-0.05, 0) is 37.8 Å². The molecule has 1 atom stereocenters. The van der Waals surface area contributed by atoms with Gasteiger partial charge in [0.1, 0.15) is 22.6 Å². The Labute approximate surface area is 123 Å². The van der Waals surface area contributed by atoms with E-state index in [0.717, 1.165) is 12.8 Å². The summed E-state index contributed by atoms with van der Waals surface area (Å²) in [4.78, 5) is 24.0. The third kappa shape index (κ3) is 2.79. The van der Waals surface area contributed by atoms with Gasteiger partial charge in [-0.2, -0.15) is 0 Å². The standard InChI is InChI=1S/C15H19NO5/c1-15(14(18)19,9-7-8-9)16-13(17)12-10(20-2)5-4-6-11(12)21-3/h4-6,9H,7-8H2,1-3H3,(H,16,17)(H,18,19). The fraction of sp³-hybridized carbons (Fsp3) is 0.467. The van der Waals surface area contributed by atoms with Gasteiger partial charge in [0.2, 0.25) is 0 Å². The molecule has 6 heteroatoms. The number of carboxylic acid groups (broad SMARTS) is 1. The van der Waals surface area contributed by atoms with Gasteiger partial charge in [0.25, 0.3) is 5.91 Å². The number of carboxylic acids is 1. The normalized spacial score (nSPS) is 16.7. The molecule has 1 aliphatic carbocycles. The molecule has 114 valence electrons. The number of hydrogen-bond acceptors (Lipinski definition) is 4. The third-order valence-corrected chi connectivity index (χ3v) is 3.87. The minimum atomic E-state index is -1.27. The van der Waals surface area contributed by atoms with Gasteiger partial charge in [0.15, 0.2) is 0 Å². The Hall–Kier alpha value is -2.24. The van der Waals surface area contributed by atoms with Crippen molar-refractivity contribution in [2.24, 2.45) is 5.92 Å². The minimum absolute atomic E-state index is 0.0420. The van der Waals surface area contributed by atoms with Gasteiger partial charge in [-0.1, -0.05) is 6.07 Å². The number of carbonyl (C=O) groups excluding carboxylic acids is 1. The molecule has 1 aliphatic rings. The van der Waals surface area contributed by atoms with E-state index in [4.69, 9.17) is 9.47 Å². The zero-order valence-corrected chi connectivity index (χ0v) is 12.3. The second-order valence-corrected chi connectivity index (χ2v) is 5.27. The first-order valence-corrected chi connectivity index (χ1v) is 6.71. The second-order valence-electron chi connectivity index (χ2n) is 5.27. The van der Waals surface area contributed by atoms with E-state index in [-0.39, 0.29) is 11.5 Å². The number of methoxy groups -OCH3 is 2. The zero-order valence-electron chi connectivity index (χ0n) is 12.3. The molecule has 1 fully saturated rings. The molecule has 1 aromatic rings. The lowest BCUT2D eigenvalue weighted by molar-refractivity contribution is -0.144. The molecule has 1 aromatic carbocycles. The Morgan fingerprint density at radius 1 is 1.24 bits per heavy atom. The summed E-state index contributed by atoms with van der Waals surface area (Å²) in [5.41, 5.74) is -1.07. The number of hydrogen-bond donors (Lipinski definition) is 2. The molecule has 0 spiro atoms. The summed E-state index contributed by atoms with van der Waals surface area (Å²) in [7, 11) is 2.89. The van der Waals surface area contributed by atoms with Gasteiger partial charge in [0.05, 0.1) is 14.2 Å². The maximum Gasteiger partial charge on any atom is 0.329 e. The molecule has 2 rings (SSSR count). The minimum Gasteiger partial charge on any atom is -0.496 e. The number of nitrogens with one attached hydrogen (secondary N) is 1. The van der Waals surface area contributed by atoms with Crippen molar-refractivity contribution < 1.29 is 24.2 Å². The van der Waals surface area contributed by atoms with E-state index in [2.05, 4.69) is 5.32 Å². The van der Waals surface area contributed by atoms with Crippen LogP contribution < -0.4 is 14.8 Å². The van der Waals surface area contributed by atoms with Gasteiger partial charge in [-0.15, -0.1) is 0 Å².